The number of nitrogens with zero attached hydrogens (tertiary/aromatic N) is 4. The number of nitrogens with one attached hydrogen (secondary N) is 2. The van der Waals surface area contributed by atoms with Crippen molar-refractivity contribution in [2.75, 3.05) is 12.5 Å². The first-order valence-electron chi connectivity index (χ1n) is 4.87. The normalized spacial score (nSPS) is 10.1. The highest BCUT2D eigenvalue weighted by Gasteiger charge is 2.02. The Kier molecular flexibility index (Phi) is 3.02. The molecular weight excluding hydrogens is 204 g/mol. The summed E-state index contributed by atoms with van der Waals surface area (Å²) >= 11 is 0. The van der Waals surface area contributed by atoms with Gasteiger partial charge in [0.15, 0.2) is 5.82 Å². The van der Waals surface area contributed by atoms with Gasteiger partial charge in [0.2, 0.25) is 5.82 Å². The number of anilines is 1. The molecule has 0 bridgehead atoms. The molecule has 0 radical (unpaired) electrons. The summed E-state index contributed by atoms with van der Waals surface area (Å²) in [7, 11) is 1.81. The van der Waals surface area contributed by atoms with Crippen LogP contribution in [0.5, 0.6) is 0 Å². The molecule has 0 amide bonds. The molecule has 0 saturated carbocycles. The number of hydrogen-bond donors (Lipinski definition) is 2. The Balaban J connectivity index is 2.24. The predicted molar refractivity (Wildman–Crippen MR) is 60.5 cm³/mol. The summed E-state index contributed by atoms with van der Waals surface area (Å²) < 4.78 is 0. The first kappa shape index (κ1) is 10.4. The molecule has 2 rings (SSSR count). The van der Waals surface area contributed by atoms with Gasteiger partial charge in [-0.3, -0.25) is 0 Å². The topological polar surface area (TPSA) is 75.6 Å². The molecule has 2 N–H and O–H groups in total. The molecule has 0 unspecified atom stereocenters. The summed E-state index contributed by atoms with van der Waals surface area (Å²) in [5.41, 5.74) is 7.68. The Morgan fingerprint density at radius 2 is 1.56 bits per heavy atom. The van der Waals surface area contributed by atoms with Crippen LogP contribution in [0.15, 0.2) is 24.3 Å². The van der Waals surface area contributed by atoms with Crippen molar-refractivity contribution in [2.24, 2.45) is 0 Å². The second kappa shape index (κ2) is 4.63. The lowest BCUT2D eigenvalue weighted by atomic mass is 10.2. The lowest BCUT2D eigenvalue weighted by Gasteiger charge is -2.04. The Hall–Kier alpha value is -2.08. The van der Waals surface area contributed by atoms with Gasteiger partial charge < -0.3 is 5.43 Å². The van der Waals surface area contributed by atoms with E-state index in [0.717, 1.165) is 11.3 Å². The number of hydrazine groups is 1. The van der Waals surface area contributed by atoms with Crippen LogP contribution < -0.4 is 10.9 Å². The molecule has 6 heteroatoms. The van der Waals surface area contributed by atoms with E-state index in [2.05, 4.69) is 31.2 Å². The number of benzene rings is 1. The van der Waals surface area contributed by atoms with Crippen LogP contribution in [0.3, 0.4) is 0 Å². The number of aryl methyl sites for hydroxylation is 1. The second-order valence-electron chi connectivity index (χ2n) is 3.22. The van der Waals surface area contributed by atoms with Crippen molar-refractivity contribution in [3.8, 4) is 11.4 Å². The van der Waals surface area contributed by atoms with Crippen LogP contribution in [-0.4, -0.2) is 27.4 Å². The fourth-order valence-electron chi connectivity index (χ4n) is 1.24. The highest BCUT2D eigenvalue weighted by molar-refractivity contribution is 5.58. The second-order valence-corrected chi connectivity index (χ2v) is 3.22. The van der Waals surface area contributed by atoms with E-state index < -0.39 is 0 Å². The minimum atomic E-state index is 0.529. The first-order chi connectivity index (χ1) is 7.79. The first-order valence-corrected chi connectivity index (χ1v) is 4.87. The zero-order valence-corrected chi connectivity index (χ0v) is 9.10. The van der Waals surface area contributed by atoms with Gasteiger partial charge in [-0.1, -0.05) is 0 Å². The van der Waals surface area contributed by atoms with Crippen molar-refractivity contribution >= 4 is 5.69 Å². The molecule has 0 aliphatic heterocycles. The van der Waals surface area contributed by atoms with Crippen molar-refractivity contribution in [2.45, 2.75) is 6.92 Å². The van der Waals surface area contributed by atoms with Crippen molar-refractivity contribution in [1.82, 2.24) is 25.8 Å². The van der Waals surface area contributed by atoms with E-state index in [-0.39, 0.29) is 0 Å². The maximum Gasteiger partial charge on any atom is 0.203 e. The zero-order chi connectivity index (χ0) is 11.4. The molecule has 1 aromatic heterocycles. The molecule has 0 fully saturated rings. The van der Waals surface area contributed by atoms with Crippen LogP contribution in [0.1, 0.15) is 5.82 Å². The summed E-state index contributed by atoms with van der Waals surface area (Å²) in [4.78, 5) is 0. The van der Waals surface area contributed by atoms with Crippen LogP contribution in [0.2, 0.25) is 0 Å². The summed E-state index contributed by atoms with van der Waals surface area (Å²) in [5, 5.41) is 15.7. The summed E-state index contributed by atoms with van der Waals surface area (Å²) in [6, 6.07) is 7.67. The third-order valence-corrected chi connectivity index (χ3v) is 1.99. The van der Waals surface area contributed by atoms with Crippen molar-refractivity contribution < 1.29 is 0 Å². The number of rotatable bonds is 3. The largest absolute Gasteiger partial charge is 0.322 e. The van der Waals surface area contributed by atoms with Gasteiger partial charge in [-0.2, -0.15) is 0 Å². The van der Waals surface area contributed by atoms with Gasteiger partial charge in [0.05, 0.1) is 0 Å². The van der Waals surface area contributed by atoms with Crippen LogP contribution in [0, 0.1) is 6.92 Å². The molecule has 0 saturated heterocycles. The molecule has 0 atom stereocenters. The SMILES string of the molecule is CNNc1ccc(-c2nnc(C)nn2)cc1. The number of aromatic nitrogens is 4. The van der Waals surface area contributed by atoms with Gasteiger partial charge in [0.1, 0.15) is 0 Å². The lowest BCUT2D eigenvalue weighted by molar-refractivity contribution is 0.816. The van der Waals surface area contributed by atoms with Gasteiger partial charge in [-0.15, -0.1) is 20.4 Å². The van der Waals surface area contributed by atoms with Crippen molar-refractivity contribution in [3.63, 3.8) is 0 Å². The third kappa shape index (κ3) is 2.29. The van der Waals surface area contributed by atoms with Crippen molar-refractivity contribution in [3.05, 3.63) is 30.1 Å². The van der Waals surface area contributed by atoms with Crippen molar-refractivity contribution in [1.29, 1.82) is 0 Å². The Bertz CT molecular complexity index is 450. The number of hydrogen-bond acceptors (Lipinski definition) is 6. The minimum Gasteiger partial charge on any atom is -0.322 e. The van der Waals surface area contributed by atoms with E-state index in [0.29, 0.717) is 11.6 Å². The van der Waals surface area contributed by atoms with Gasteiger partial charge in [-0.05, 0) is 31.2 Å². The summed E-state index contributed by atoms with van der Waals surface area (Å²) in [6.07, 6.45) is 0. The highest BCUT2D eigenvalue weighted by atomic mass is 15.3. The molecular formula is C10H12N6. The Morgan fingerprint density at radius 3 is 2.12 bits per heavy atom. The summed E-state index contributed by atoms with van der Waals surface area (Å²) in [6.45, 7) is 1.75. The van der Waals surface area contributed by atoms with E-state index in [1.165, 1.54) is 0 Å². The van der Waals surface area contributed by atoms with Gasteiger partial charge in [0, 0.05) is 18.3 Å². The van der Waals surface area contributed by atoms with Gasteiger partial charge >= 0.3 is 0 Å². The quantitative estimate of drug-likeness (QED) is 0.739. The zero-order valence-electron chi connectivity index (χ0n) is 9.10. The van der Waals surface area contributed by atoms with Gasteiger partial charge in [-0.25, -0.2) is 5.43 Å². The maximum absolute atomic E-state index is 3.96. The molecule has 16 heavy (non-hydrogen) atoms. The van der Waals surface area contributed by atoms with E-state index in [1.807, 2.05) is 31.3 Å². The van der Waals surface area contributed by atoms with E-state index in [9.17, 15) is 0 Å². The lowest BCUT2D eigenvalue weighted by Crippen LogP contribution is -2.14. The van der Waals surface area contributed by atoms with Gasteiger partial charge in [0.25, 0.3) is 0 Å². The van der Waals surface area contributed by atoms with E-state index in [1.54, 1.807) is 6.92 Å². The molecule has 0 spiro atoms. The average Bonchev–Trinajstić information content (AvgIpc) is 2.32. The van der Waals surface area contributed by atoms with Crippen LogP contribution in [-0.2, 0) is 0 Å². The molecule has 6 nitrogen and oxygen atoms in total. The average molecular weight is 216 g/mol. The van der Waals surface area contributed by atoms with E-state index in [4.69, 9.17) is 0 Å². The fourth-order valence-corrected chi connectivity index (χ4v) is 1.24. The monoisotopic (exact) mass is 216 g/mol. The van der Waals surface area contributed by atoms with Crippen LogP contribution >= 0.6 is 0 Å². The Morgan fingerprint density at radius 1 is 0.938 bits per heavy atom. The molecule has 1 aromatic carbocycles. The highest BCUT2D eigenvalue weighted by Crippen LogP contribution is 2.15. The molecule has 82 valence electrons. The molecule has 1 heterocycles. The van der Waals surface area contributed by atoms with Crippen LogP contribution in [0.4, 0.5) is 5.69 Å². The third-order valence-electron chi connectivity index (χ3n) is 1.99. The van der Waals surface area contributed by atoms with Crippen LogP contribution in [0.25, 0.3) is 11.4 Å². The fraction of sp³-hybridized carbons (Fsp3) is 0.200. The van der Waals surface area contributed by atoms with E-state index >= 15 is 0 Å². The molecule has 0 aliphatic carbocycles. The molecule has 0 aliphatic rings. The standard InChI is InChI=1S/C10H12N6/c1-7-12-15-10(16-13-7)8-3-5-9(6-4-8)14-11-2/h3-6,11,14H,1-2H3. The smallest absolute Gasteiger partial charge is 0.203 e. The minimum absolute atomic E-state index is 0.529. The summed E-state index contributed by atoms with van der Waals surface area (Å²) in [5.74, 6) is 1.10. The molecule has 2 aromatic rings. The Labute approximate surface area is 93.1 Å². The maximum atomic E-state index is 3.96. The predicted octanol–water partition coefficient (Wildman–Crippen LogP) is 0.788.